The largest absolute Gasteiger partial charge is 0.497 e. The number of carbonyl (C=O) groups is 1. The molecule has 0 bridgehead atoms. The summed E-state index contributed by atoms with van der Waals surface area (Å²) in [5, 5.41) is 4.27. The van der Waals surface area contributed by atoms with E-state index < -0.39 is 0 Å². The van der Waals surface area contributed by atoms with E-state index in [1.54, 1.807) is 38.2 Å². The Labute approximate surface area is 229 Å². The molecule has 0 radical (unpaired) electrons. The van der Waals surface area contributed by atoms with Gasteiger partial charge in [0.25, 0.3) is 0 Å². The highest BCUT2D eigenvalue weighted by Crippen LogP contribution is 2.34. The van der Waals surface area contributed by atoms with Gasteiger partial charge < -0.3 is 19.3 Å². The third-order valence-corrected chi connectivity index (χ3v) is 7.42. The van der Waals surface area contributed by atoms with Crippen molar-refractivity contribution in [2.45, 2.75) is 26.2 Å². The number of ether oxygens (including phenoxy) is 2. The van der Waals surface area contributed by atoms with Gasteiger partial charge in [0.1, 0.15) is 17.3 Å². The second kappa shape index (κ2) is 11.8. The Morgan fingerprint density at radius 2 is 1.85 bits per heavy atom. The Bertz CT molecular complexity index is 1430. The van der Waals surface area contributed by atoms with Crippen molar-refractivity contribution in [1.82, 2.24) is 24.6 Å². The quantitative estimate of drug-likeness (QED) is 0.288. The van der Waals surface area contributed by atoms with Gasteiger partial charge in [-0.2, -0.15) is 5.10 Å². The van der Waals surface area contributed by atoms with E-state index >= 15 is 0 Å². The molecule has 1 aliphatic heterocycles. The molecule has 1 saturated heterocycles. The number of piperidine rings is 1. The fraction of sp³-hybridized carbons (Fsp3) is 0.400. The molecular weight excluding hydrogens is 492 g/mol. The third-order valence-electron chi connectivity index (χ3n) is 7.42. The first kappa shape index (κ1) is 26.6. The fourth-order valence-corrected chi connectivity index (χ4v) is 5.26. The molecule has 1 fully saturated rings. The summed E-state index contributed by atoms with van der Waals surface area (Å²) < 4.78 is 12.9. The third kappa shape index (κ3) is 6.20. The second-order valence-corrected chi connectivity index (χ2v) is 10.2. The molecule has 0 aliphatic carbocycles. The van der Waals surface area contributed by atoms with E-state index in [9.17, 15) is 4.79 Å². The zero-order valence-electron chi connectivity index (χ0n) is 23.1. The Morgan fingerprint density at radius 3 is 2.54 bits per heavy atom. The smallest absolute Gasteiger partial charge is 0.134 e. The molecule has 3 heterocycles. The zero-order chi connectivity index (χ0) is 27.4. The minimum atomic E-state index is 0.158. The maximum atomic E-state index is 12.0. The number of ketones is 1. The number of hydrogen-bond donors (Lipinski definition) is 0. The first-order valence-electron chi connectivity index (χ1n) is 13.4. The minimum absolute atomic E-state index is 0.158. The fourth-order valence-electron chi connectivity index (χ4n) is 5.26. The van der Waals surface area contributed by atoms with Crippen LogP contribution in [-0.2, 0) is 11.8 Å². The van der Waals surface area contributed by atoms with Gasteiger partial charge in [-0.15, -0.1) is 0 Å². The number of likely N-dealkylation sites (tertiary alicyclic amines) is 1. The van der Waals surface area contributed by atoms with Gasteiger partial charge in [0.15, 0.2) is 0 Å². The summed E-state index contributed by atoms with van der Waals surface area (Å²) in [4.78, 5) is 26.2. The minimum Gasteiger partial charge on any atom is -0.497 e. The van der Waals surface area contributed by atoms with Crippen LogP contribution in [0.1, 0.15) is 26.2 Å². The molecule has 5 rings (SSSR count). The van der Waals surface area contributed by atoms with Crippen LogP contribution < -0.4 is 14.4 Å². The monoisotopic (exact) mass is 528 g/mol. The lowest BCUT2D eigenvalue weighted by atomic mass is 9.94. The lowest BCUT2D eigenvalue weighted by Crippen LogP contribution is -2.39. The van der Waals surface area contributed by atoms with Gasteiger partial charge in [-0.1, -0.05) is 0 Å². The normalized spacial score (nSPS) is 15.8. The van der Waals surface area contributed by atoms with Crippen molar-refractivity contribution in [1.29, 1.82) is 0 Å². The zero-order valence-corrected chi connectivity index (χ0v) is 23.1. The molecule has 2 aromatic carbocycles. The molecule has 1 unspecified atom stereocenters. The molecule has 0 N–H and O–H groups in total. The lowest BCUT2D eigenvalue weighted by molar-refractivity contribution is -0.122. The van der Waals surface area contributed by atoms with E-state index in [0.29, 0.717) is 5.78 Å². The number of rotatable bonds is 10. The molecule has 9 nitrogen and oxygen atoms in total. The summed E-state index contributed by atoms with van der Waals surface area (Å²) in [7, 11) is 5.22. The van der Waals surface area contributed by atoms with Crippen molar-refractivity contribution in [3.05, 3.63) is 55.0 Å². The topological polar surface area (TPSA) is 85.6 Å². The first-order valence-corrected chi connectivity index (χ1v) is 13.4. The molecule has 0 amide bonds. The number of aromatic nitrogens is 4. The van der Waals surface area contributed by atoms with Gasteiger partial charge in [0.05, 0.1) is 43.3 Å². The maximum absolute atomic E-state index is 12.0. The number of aryl methyl sites for hydroxylation is 1. The first-order chi connectivity index (χ1) is 18.9. The highest BCUT2D eigenvalue weighted by Gasteiger charge is 2.23. The number of hydrogen-bond acceptors (Lipinski definition) is 8. The number of Topliss-reactive ketones (excluding diaryl/α,β-unsaturated/α-hetero) is 1. The van der Waals surface area contributed by atoms with Crippen LogP contribution in [0.4, 0.5) is 11.4 Å². The summed E-state index contributed by atoms with van der Waals surface area (Å²) in [5.41, 5.74) is 5.34. The van der Waals surface area contributed by atoms with Gasteiger partial charge >= 0.3 is 0 Å². The molecule has 204 valence electrons. The average molecular weight is 529 g/mol. The summed E-state index contributed by atoms with van der Waals surface area (Å²) in [6.45, 7) is 5.32. The summed E-state index contributed by atoms with van der Waals surface area (Å²) in [6, 6.07) is 12.1. The van der Waals surface area contributed by atoms with Crippen molar-refractivity contribution in [2.75, 3.05) is 45.3 Å². The summed E-state index contributed by atoms with van der Waals surface area (Å²) in [6.07, 6.45) is 8.53. The van der Waals surface area contributed by atoms with Crippen molar-refractivity contribution < 1.29 is 14.3 Å². The van der Waals surface area contributed by atoms with Gasteiger partial charge in [-0.25, -0.2) is 4.98 Å². The highest BCUT2D eigenvalue weighted by atomic mass is 16.5. The number of fused-ring (bicyclic) bond motifs is 1. The number of methoxy groups -OCH3 is 2. The molecular formula is C30H36N6O3. The van der Waals surface area contributed by atoms with E-state index in [1.165, 1.54) is 0 Å². The van der Waals surface area contributed by atoms with Crippen LogP contribution >= 0.6 is 0 Å². The summed E-state index contributed by atoms with van der Waals surface area (Å²) >= 11 is 0. The van der Waals surface area contributed by atoms with Crippen LogP contribution in [0.25, 0.3) is 22.3 Å². The van der Waals surface area contributed by atoms with Crippen LogP contribution in [0, 0.1) is 5.92 Å². The van der Waals surface area contributed by atoms with E-state index in [-0.39, 0.29) is 5.92 Å². The molecule has 9 heteroatoms. The van der Waals surface area contributed by atoms with Gasteiger partial charge in [0, 0.05) is 67.4 Å². The van der Waals surface area contributed by atoms with Crippen LogP contribution in [0.5, 0.6) is 11.5 Å². The highest BCUT2D eigenvalue weighted by molar-refractivity contribution is 5.82. The van der Waals surface area contributed by atoms with Crippen LogP contribution in [0.2, 0.25) is 0 Å². The predicted molar refractivity (Wildman–Crippen MR) is 153 cm³/mol. The van der Waals surface area contributed by atoms with Crippen molar-refractivity contribution in [3.8, 4) is 22.8 Å². The molecule has 0 spiro atoms. The van der Waals surface area contributed by atoms with Crippen LogP contribution in [0.3, 0.4) is 0 Å². The summed E-state index contributed by atoms with van der Waals surface area (Å²) in [5.74, 6) is 1.92. The van der Waals surface area contributed by atoms with Crippen molar-refractivity contribution in [3.63, 3.8) is 0 Å². The van der Waals surface area contributed by atoms with E-state index in [2.05, 4.69) is 32.0 Å². The lowest BCUT2D eigenvalue weighted by Gasteiger charge is -2.32. The van der Waals surface area contributed by atoms with Gasteiger partial charge in [0.2, 0.25) is 0 Å². The molecule has 2 aromatic heterocycles. The van der Waals surface area contributed by atoms with Crippen LogP contribution in [-0.4, -0.2) is 70.8 Å². The van der Waals surface area contributed by atoms with E-state index in [0.717, 1.165) is 90.6 Å². The Kier molecular flexibility index (Phi) is 8.07. The Hall–Kier alpha value is -3.98. The maximum Gasteiger partial charge on any atom is 0.134 e. The second-order valence-electron chi connectivity index (χ2n) is 10.2. The SMILES string of the molecule is COc1cc(OC)cc(N(CCCN2CCCC(C(C)=O)C2)c2ccc3ncc(-c4cnn(C)c4)nc3c2)c1. The standard InChI is InChI=1S/C30H36N6O3/c1-21(37)22-7-5-10-35(20-22)11-6-12-36(25-13-26(38-3)16-27(14-25)39-4)24-8-9-28-29(15-24)33-30(18-31-28)23-17-32-34(2)19-23/h8-9,13-19,22H,5-7,10-12,20H2,1-4H3. The molecule has 39 heavy (non-hydrogen) atoms. The van der Waals surface area contributed by atoms with Crippen molar-refractivity contribution >= 4 is 28.2 Å². The molecule has 0 saturated carbocycles. The van der Waals surface area contributed by atoms with Gasteiger partial charge in [-0.05, 0) is 57.5 Å². The van der Waals surface area contributed by atoms with E-state index in [1.807, 2.05) is 37.5 Å². The number of carbonyl (C=O) groups excluding carboxylic acids is 1. The Balaban J connectivity index is 1.45. The number of nitrogens with zero attached hydrogens (tertiary/aromatic N) is 6. The molecule has 1 aliphatic rings. The van der Waals surface area contributed by atoms with Crippen molar-refractivity contribution in [2.24, 2.45) is 13.0 Å². The number of anilines is 2. The molecule has 1 atom stereocenters. The Morgan fingerprint density at radius 1 is 1.05 bits per heavy atom. The number of benzene rings is 2. The van der Waals surface area contributed by atoms with E-state index in [4.69, 9.17) is 14.5 Å². The van der Waals surface area contributed by atoms with Gasteiger partial charge in [-0.3, -0.25) is 14.5 Å². The van der Waals surface area contributed by atoms with Crippen LogP contribution in [0.15, 0.2) is 55.0 Å². The average Bonchev–Trinajstić information content (AvgIpc) is 3.40. The predicted octanol–water partition coefficient (Wildman–Crippen LogP) is 4.88. The molecule has 4 aromatic rings.